The first kappa shape index (κ1) is 47.3. The Kier molecular flexibility index (Phi) is 15.4. The van der Waals surface area contributed by atoms with Crippen molar-refractivity contribution in [1.82, 2.24) is 10.6 Å². The molecule has 10 nitrogen and oxygen atoms in total. The van der Waals surface area contributed by atoms with Gasteiger partial charge in [0.25, 0.3) is 11.8 Å². The van der Waals surface area contributed by atoms with Gasteiger partial charge in [0.05, 0.1) is 0 Å². The van der Waals surface area contributed by atoms with Crippen LogP contribution < -0.4 is 20.4 Å². The maximum Gasteiger partial charge on any atom is 0.325 e. The lowest BCUT2D eigenvalue weighted by molar-refractivity contribution is -0.153. The number of fused-ring (bicyclic) bond motifs is 2. The van der Waals surface area contributed by atoms with Gasteiger partial charge in [-0.2, -0.15) is 0 Å². The van der Waals surface area contributed by atoms with Crippen molar-refractivity contribution >= 4 is 56.7 Å². The molecule has 6 aromatic carbocycles. The molecule has 4 atom stereocenters. The second-order valence-corrected chi connectivity index (χ2v) is 19.1. The van der Waals surface area contributed by atoms with E-state index in [1.165, 1.54) is 39.1 Å². The zero-order chi connectivity index (χ0) is 46.8. The van der Waals surface area contributed by atoms with E-state index in [9.17, 15) is 19.2 Å². The van der Waals surface area contributed by atoms with Gasteiger partial charge < -0.3 is 30.3 Å². The van der Waals surface area contributed by atoms with E-state index in [1.54, 1.807) is 32.9 Å². The van der Waals surface area contributed by atoms with Crippen LogP contribution in [0.15, 0.2) is 133 Å². The minimum Gasteiger partial charge on any atom is -0.480 e. The largest absolute Gasteiger partial charge is 0.480 e. The molecule has 10 heteroatoms. The van der Waals surface area contributed by atoms with E-state index in [1.807, 2.05) is 36.4 Å². The highest BCUT2D eigenvalue weighted by Crippen LogP contribution is 2.36. The molecule has 6 aromatic rings. The van der Waals surface area contributed by atoms with Gasteiger partial charge in [-0.05, 0) is 151 Å². The number of carbonyl (C=O) groups excluding carboxylic acids is 3. The molecule has 2 aliphatic rings. The summed E-state index contributed by atoms with van der Waals surface area (Å²) in [6.07, 6.45) is 4.65. The first-order valence-electron chi connectivity index (χ1n) is 23.4. The Balaban J connectivity index is 0.000000198. The number of nitrogens with zero attached hydrogens (tertiary/aromatic N) is 2. The van der Waals surface area contributed by atoms with Crippen LogP contribution in [0.4, 0.5) is 11.4 Å². The number of hydrogen-bond donors (Lipinski definition) is 3. The predicted molar refractivity (Wildman–Crippen MR) is 266 cm³/mol. The molecule has 2 saturated heterocycles. The zero-order valence-corrected chi connectivity index (χ0v) is 39.0. The number of nitrogens with one attached hydrogen (secondary N) is 2. The van der Waals surface area contributed by atoms with E-state index >= 15 is 0 Å². The monoisotopic (exact) mass is 888 g/mol. The molecule has 344 valence electrons. The van der Waals surface area contributed by atoms with Gasteiger partial charge in [-0.3, -0.25) is 19.2 Å². The Labute approximate surface area is 389 Å². The normalized spacial score (nSPS) is 16.9. The number of ether oxygens (including phenoxy) is 1. The van der Waals surface area contributed by atoms with Crippen molar-refractivity contribution in [2.24, 2.45) is 11.8 Å². The van der Waals surface area contributed by atoms with Crippen LogP contribution in [0, 0.1) is 11.8 Å². The Morgan fingerprint density at radius 3 is 1.42 bits per heavy atom. The number of rotatable bonds is 14. The molecule has 0 unspecified atom stereocenters. The first-order valence-corrected chi connectivity index (χ1v) is 23.4. The summed E-state index contributed by atoms with van der Waals surface area (Å²) in [7, 11) is 0. The fraction of sp³-hybridized carbons (Fsp3) is 0.357. The summed E-state index contributed by atoms with van der Waals surface area (Å²) in [4.78, 5) is 51.6. The number of carboxylic acids is 1. The van der Waals surface area contributed by atoms with E-state index in [-0.39, 0.29) is 24.9 Å². The second-order valence-electron chi connectivity index (χ2n) is 19.1. The van der Waals surface area contributed by atoms with Gasteiger partial charge in [-0.1, -0.05) is 98.8 Å². The van der Waals surface area contributed by atoms with Crippen molar-refractivity contribution in [2.75, 3.05) is 49.1 Å². The molecule has 0 aromatic heterocycles. The summed E-state index contributed by atoms with van der Waals surface area (Å²) < 4.78 is 5.24. The van der Waals surface area contributed by atoms with Crippen molar-refractivity contribution in [1.29, 1.82) is 0 Å². The third-order valence-electron chi connectivity index (χ3n) is 12.9. The zero-order valence-electron chi connectivity index (χ0n) is 39.0. The van der Waals surface area contributed by atoms with Crippen LogP contribution in [0.5, 0.6) is 0 Å². The summed E-state index contributed by atoms with van der Waals surface area (Å²) in [6.45, 7) is 13.7. The van der Waals surface area contributed by atoms with Crippen LogP contribution in [0.3, 0.4) is 0 Å². The molecule has 0 saturated carbocycles. The Morgan fingerprint density at radius 2 is 1.00 bits per heavy atom. The molecule has 0 radical (unpaired) electrons. The number of benzene rings is 6. The summed E-state index contributed by atoms with van der Waals surface area (Å²) >= 11 is 0. The topological polar surface area (TPSA) is 128 Å². The summed E-state index contributed by atoms with van der Waals surface area (Å²) in [5.74, 6) is 0.142. The van der Waals surface area contributed by atoms with E-state index in [2.05, 4.69) is 119 Å². The second kappa shape index (κ2) is 21.5. The van der Waals surface area contributed by atoms with Crippen molar-refractivity contribution in [2.45, 2.75) is 77.7 Å². The number of carbonyl (C=O) groups is 4. The average molecular weight is 889 g/mol. The Morgan fingerprint density at radius 1 is 0.591 bits per heavy atom. The summed E-state index contributed by atoms with van der Waals surface area (Å²) in [5, 5.41) is 19.0. The molecule has 2 fully saturated rings. The molecule has 2 amide bonds. The highest BCUT2D eigenvalue weighted by atomic mass is 16.6. The van der Waals surface area contributed by atoms with Crippen LogP contribution in [-0.4, -0.2) is 73.7 Å². The fourth-order valence-electron chi connectivity index (χ4n) is 9.67. The number of aliphatic carboxylic acids is 1. The molecule has 0 bridgehead atoms. The standard InChI is InChI=1S/C30H36N2O3.C26H28N2O3/c1-21(26-11-7-9-23-8-5-6-10-27(23)26)18-22-16-17-32(20-22)25-14-12-24(13-15-25)29(34)31-19-28(33)35-30(2,3)4;1-18(23-8-4-6-20-5-2-3-7-24(20)23)15-19-13-14-28(17-19)22-11-9-21(10-12-22)26(31)27-16-25(29)30/h5-15,21-22H,16-20H2,1-4H3,(H,31,34);2-12,18-19H,13-17H2,1H3,(H,27,31)(H,29,30)/t21-,22+;18-,19+/m00/s1. The van der Waals surface area contributed by atoms with E-state index in [0.717, 1.165) is 56.8 Å². The lowest BCUT2D eigenvalue weighted by atomic mass is 9.87. The molecule has 8 rings (SSSR count). The quantitative estimate of drug-likeness (QED) is 0.0923. The molecule has 0 spiro atoms. The third kappa shape index (κ3) is 12.6. The maximum absolute atomic E-state index is 12.4. The van der Waals surface area contributed by atoms with E-state index < -0.39 is 17.5 Å². The Bertz CT molecular complexity index is 2610. The predicted octanol–water partition coefficient (Wildman–Crippen LogP) is 10.6. The van der Waals surface area contributed by atoms with Crippen LogP contribution >= 0.6 is 0 Å². The highest BCUT2D eigenvalue weighted by molar-refractivity contribution is 5.97. The summed E-state index contributed by atoms with van der Waals surface area (Å²) in [6, 6.07) is 45.5. The van der Waals surface area contributed by atoms with Crippen LogP contribution in [-0.2, 0) is 14.3 Å². The number of anilines is 2. The van der Waals surface area contributed by atoms with Gasteiger partial charge in [0.1, 0.15) is 18.7 Å². The summed E-state index contributed by atoms with van der Waals surface area (Å²) in [5.41, 5.74) is 5.55. The van der Waals surface area contributed by atoms with Gasteiger partial charge in [0.15, 0.2) is 0 Å². The molecule has 0 aliphatic carbocycles. The minimum atomic E-state index is -1.05. The van der Waals surface area contributed by atoms with Gasteiger partial charge in [0.2, 0.25) is 0 Å². The smallest absolute Gasteiger partial charge is 0.325 e. The maximum atomic E-state index is 12.4. The third-order valence-corrected chi connectivity index (χ3v) is 12.9. The van der Waals surface area contributed by atoms with Gasteiger partial charge >= 0.3 is 11.9 Å². The number of amides is 2. The Hall–Kier alpha value is -6.68. The van der Waals surface area contributed by atoms with Crippen molar-refractivity contribution in [3.8, 4) is 0 Å². The van der Waals surface area contributed by atoms with Crippen LogP contribution in [0.2, 0.25) is 0 Å². The van der Waals surface area contributed by atoms with Crippen LogP contribution in [0.25, 0.3) is 21.5 Å². The lowest BCUT2D eigenvalue weighted by Crippen LogP contribution is -2.34. The van der Waals surface area contributed by atoms with Crippen LogP contribution in [0.1, 0.15) is 104 Å². The highest BCUT2D eigenvalue weighted by Gasteiger charge is 2.27. The fourth-order valence-corrected chi connectivity index (χ4v) is 9.67. The minimum absolute atomic E-state index is 0.138. The molecule has 2 heterocycles. The number of esters is 1. The molecular formula is C56H64N4O6. The first-order chi connectivity index (χ1) is 31.7. The molecule has 3 N–H and O–H groups in total. The van der Waals surface area contributed by atoms with Crippen molar-refractivity contribution in [3.05, 3.63) is 156 Å². The molecule has 2 aliphatic heterocycles. The lowest BCUT2D eigenvalue weighted by Gasteiger charge is -2.21. The van der Waals surface area contributed by atoms with E-state index in [0.29, 0.717) is 34.8 Å². The van der Waals surface area contributed by atoms with Gasteiger partial charge in [-0.25, -0.2) is 0 Å². The number of carboxylic acid groups (broad SMARTS) is 1. The number of hydrogen-bond acceptors (Lipinski definition) is 7. The van der Waals surface area contributed by atoms with E-state index in [4.69, 9.17) is 9.84 Å². The van der Waals surface area contributed by atoms with Crippen molar-refractivity contribution < 1.29 is 29.0 Å². The van der Waals surface area contributed by atoms with Crippen molar-refractivity contribution in [3.63, 3.8) is 0 Å². The average Bonchev–Trinajstić information content (AvgIpc) is 3.99. The molecule has 66 heavy (non-hydrogen) atoms. The SMILES string of the molecule is C[C@@H](C[C@H]1CCN(c2ccc(C(=O)NCC(=O)O)cc2)C1)c1cccc2ccccc12.C[C@@H](C[C@H]1CCN(c2ccc(C(=O)NCC(=O)OC(C)(C)C)cc2)C1)c1cccc2ccccc12. The molecular weight excluding hydrogens is 825 g/mol. The van der Waals surface area contributed by atoms with Gasteiger partial charge in [-0.15, -0.1) is 0 Å². The van der Waals surface area contributed by atoms with Gasteiger partial charge in [0, 0.05) is 48.7 Å².